The quantitative estimate of drug-likeness (QED) is 0.126. The third-order valence-corrected chi connectivity index (χ3v) is 7.29. The lowest BCUT2D eigenvalue weighted by Crippen LogP contribution is -2.12. The van der Waals surface area contributed by atoms with E-state index in [0.717, 1.165) is 36.8 Å². The summed E-state index contributed by atoms with van der Waals surface area (Å²) in [5, 5.41) is 1.03. The number of hydrogen-bond donors (Lipinski definition) is 0. The van der Waals surface area contributed by atoms with Crippen LogP contribution in [0.2, 0.25) is 0 Å². The van der Waals surface area contributed by atoms with Gasteiger partial charge >= 0.3 is 6.18 Å². The topological polar surface area (TPSA) is 0 Å². The predicted molar refractivity (Wildman–Crippen MR) is 144 cm³/mol. The molecule has 212 valence electrons. The van der Waals surface area contributed by atoms with Crippen molar-refractivity contribution in [3.63, 3.8) is 0 Å². The van der Waals surface area contributed by atoms with Crippen LogP contribution in [0.3, 0.4) is 0 Å². The Hall–Kier alpha value is -3.35. The Morgan fingerprint density at radius 2 is 1.15 bits per heavy atom. The maximum atomic E-state index is 15.2. The van der Waals surface area contributed by atoms with Gasteiger partial charge in [-0.05, 0) is 89.9 Å². The number of hydrogen-bond acceptors (Lipinski definition) is 0. The molecule has 0 saturated heterocycles. The Morgan fingerprint density at radius 1 is 0.550 bits per heavy atom. The fraction of sp³-hybridized carbons (Fsp3) is 0.333. The molecule has 0 N–H and O–H groups in total. The SMILES string of the molecule is CCCCCCc1ccc(CCc2ccc3c(F)c(CCc4cc(F)c(C(F)(F)F)c(F)c4)ccc3c2)c(F)c1. The largest absolute Gasteiger partial charge is 0.422 e. The summed E-state index contributed by atoms with van der Waals surface area (Å²) in [6.45, 7) is 2.15. The van der Waals surface area contributed by atoms with Gasteiger partial charge < -0.3 is 0 Å². The van der Waals surface area contributed by atoms with E-state index in [-0.39, 0.29) is 29.8 Å². The molecule has 4 aromatic carbocycles. The Morgan fingerprint density at radius 3 is 1.82 bits per heavy atom. The monoisotopic (exact) mass is 560 g/mol. The highest BCUT2D eigenvalue weighted by atomic mass is 19.4. The van der Waals surface area contributed by atoms with Crippen LogP contribution in [0.1, 0.15) is 66.0 Å². The second-order valence-corrected chi connectivity index (χ2v) is 10.3. The summed E-state index contributed by atoms with van der Waals surface area (Å²) in [7, 11) is 0. The maximum absolute atomic E-state index is 15.2. The van der Waals surface area contributed by atoms with Crippen LogP contribution in [0.15, 0.2) is 60.7 Å². The molecule has 0 saturated carbocycles. The highest BCUT2D eigenvalue weighted by Gasteiger charge is 2.37. The van der Waals surface area contributed by atoms with E-state index in [1.165, 1.54) is 6.42 Å². The van der Waals surface area contributed by atoms with Crippen molar-refractivity contribution >= 4 is 10.8 Å². The lowest BCUT2D eigenvalue weighted by Gasteiger charge is -2.12. The van der Waals surface area contributed by atoms with Crippen molar-refractivity contribution in [1.82, 2.24) is 0 Å². The first kappa shape index (κ1) is 29.6. The van der Waals surface area contributed by atoms with Crippen LogP contribution in [-0.2, 0) is 38.3 Å². The van der Waals surface area contributed by atoms with E-state index in [2.05, 4.69) is 6.92 Å². The maximum Gasteiger partial charge on any atom is 0.422 e. The minimum atomic E-state index is -5.14. The molecule has 0 amide bonds. The van der Waals surface area contributed by atoms with Crippen molar-refractivity contribution in [3.05, 3.63) is 117 Å². The summed E-state index contributed by atoms with van der Waals surface area (Å²) < 4.78 is 96.0. The molecule has 0 aromatic heterocycles. The standard InChI is InChI=1S/C33H31F7/c1-2-3-4-5-6-21-7-11-24(28(34)18-21)12-8-22-10-16-27-26(17-22)15-14-25(32(27)37)13-9-23-19-29(35)31(30(36)20-23)33(38,39)40/h7,10-11,14-20H,2-6,8-9,12-13H2,1H3. The van der Waals surface area contributed by atoms with Crippen LogP contribution in [0.4, 0.5) is 30.7 Å². The van der Waals surface area contributed by atoms with Crippen LogP contribution in [-0.4, -0.2) is 0 Å². The van der Waals surface area contributed by atoms with Crippen LogP contribution in [0, 0.1) is 23.3 Å². The van der Waals surface area contributed by atoms with Gasteiger partial charge in [-0.2, -0.15) is 13.2 Å². The number of rotatable bonds is 11. The number of alkyl halides is 3. The predicted octanol–water partition coefficient (Wildman–Crippen LogP) is 10.1. The minimum absolute atomic E-state index is 0.00889. The zero-order chi connectivity index (χ0) is 28.9. The van der Waals surface area contributed by atoms with Crippen molar-refractivity contribution in [2.24, 2.45) is 0 Å². The first-order valence-electron chi connectivity index (χ1n) is 13.6. The third kappa shape index (κ3) is 7.23. The van der Waals surface area contributed by atoms with Crippen molar-refractivity contribution in [2.45, 2.75) is 70.9 Å². The first-order chi connectivity index (χ1) is 19.1. The number of halogens is 7. The molecule has 4 aromatic rings. The Kier molecular flexibility index (Phi) is 9.54. The number of benzene rings is 4. The van der Waals surface area contributed by atoms with Gasteiger partial charge in [-0.1, -0.05) is 68.7 Å². The average molecular weight is 561 g/mol. The van der Waals surface area contributed by atoms with Crippen molar-refractivity contribution < 1.29 is 30.7 Å². The molecule has 7 heteroatoms. The van der Waals surface area contributed by atoms with Gasteiger partial charge in [0.05, 0.1) is 0 Å². The van der Waals surface area contributed by atoms with Gasteiger partial charge in [0.15, 0.2) is 0 Å². The average Bonchev–Trinajstić information content (AvgIpc) is 2.89. The Bertz CT molecular complexity index is 1450. The molecule has 40 heavy (non-hydrogen) atoms. The van der Waals surface area contributed by atoms with E-state index in [0.29, 0.717) is 41.3 Å². The third-order valence-electron chi connectivity index (χ3n) is 7.29. The van der Waals surface area contributed by atoms with Crippen LogP contribution >= 0.6 is 0 Å². The van der Waals surface area contributed by atoms with Gasteiger partial charge in [-0.25, -0.2) is 17.6 Å². The highest BCUT2D eigenvalue weighted by Crippen LogP contribution is 2.34. The number of fused-ring (bicyclic) bond motifs is 1. The summed E-state index contributed by atoms with van der Waals surface area (Å²) in [6.07, 6.45) is 1.38. The van der Waals surface area contributed by atoms with E-state index in [4.69, 9.17) is 0 Å². The summed E-state index contributed by atoms with van der Waals surface area (Å²) in [6, 6.07) is 15.3. The van der Waals surface area contributed by atoms with Gasteiger partial charge in [-0.3, -0.25) is 0 Å². The Balaban J connectivity index is 1.40. The van der Waals surface area contributed by atoms with Crippen LogP contribution in [0.25, 0.3) is 10.8 Å². The van der Waals surface area contributed by atoms with Crippen molar-refractivity contribution in [1.29, 1.82) is 0 Å². The molecule has 0 nitrogen and oxygen atoms in total. The van der Waals surface area contributed by atoms with Gasteiger partial charge in [0.25, 0.3) is 0 Å². The molecule has 0 spiro atoms. The van der Waals surface area contributed by atoms with Crippen LogP contribution < -0.4 is 0 Å². The molecule has 0 radical (unpaired) electrons. The number of aryl methyl sites for hydroxylation is 5. The smallest absolute Gasteiger partial charge is 0.207 e. The van der Waals surface area contributed by atoms with Gasteiger partial charge in [0.2, 0.25) is 0 Å². The second kappa shape index (κ2) is 12.9. The highest BCUT2D eigenvalue weighted by molar-refractivity contribution is 5.84. The van der Waals surface area contributed by atoms with E-state index >= 15 is 4.39 Å². The molecule has 0 atom stereocenters. The molecule has 0 aliphatic rings. The fourth-order valence-electron chi connectivity index (χ4n) is 5.04. The van der Waals surface area contributed by atoms with Gasteiger partial charge in [-0.15, -0.1) is 0 Å². The zero-order valence-electron chi connectivity index (χ0n) is 22.3. The van der Waals surface area contributed by atoms with Crippen molar-refractivity contribution in [2.75, 3.05) is 0 Å². The normalized spacial score (nSPS) is 11.9. The molecule has 0 bridgehead atoms. The molecule has 0 fully saturated rings. The van der Waals surface area contributed by atoms with Gasteiger partial charge in [0, 0.05) is 5.39 Å². The van der Waals surface area contributed by atoms with E-state index in [1.807, 2.05) is 18.2 Å². The lowest BCUT2D eigenvalue weighted by atomic mass is 9.96. The molecule has 0 heterocycles. The number of unbranched alkanes of at least 4 members (excludes halogenated alkanes) is 3. The van der Waals surface area contributed by atoms with E-state index < -0.39 is 29.2 Å². The molecule has 0 aliphatic carbocycles. The second-order valence-electron chi connectivity index (χ2n) is 10.3. The molecule has 4 rings (SSSR count). The summed E-state index contributed by atoms with van der Waals surface area (Å²) in [4.78, 5) is 0. The minimum Gasteiger partial charge on any atom is -0.207 e. The first-order valence-corrected chi connectivity index (χ1v) is 13.6. The van der Waals surface area contributed by atoms with Crippen molar-refractivity contribution in [3.8, 4) is 0 Å². The van der Waals surface area contributed by atoms with E-state index in [9.17, 15) is 26.3 Å². The van der Waals surface area contributed by atoms with Crippen LogP contribution in [0.5, 0.6) is 0 Å². The molecular weight excluding hydrogens is 529 g/mol. The summed E-state index contributed by atoms with van der Waals surface area (Å²) >= 11 is 0. The molecule has 0 aliphatic heterocycles. The summed E-state index contributed by atoms with van der Waals surface area (Å²) in [5.41, 5.74) is 0.935. The van der Waals surface area contributed by atoms with Gasteiger partial charge in [0.1, 0.15) is 28.8 Å². The summed E-state index contributed by atoms with van der Waals surface area (Å²) in [5.74, 6) is -4.07. The zero-order valence-corrected chi connectivity index (χ0v) is 22.3. The molecular formula is C33H31F7. The lowest BCUT2D eigenvalue weighted by molar-refractivity contribution is -0.142. The fourth-order valence-corrected chi connectivity index (χ4v) is 5.04. The molecule has 0 unspecified atom stereocenters. The Labute approximate surface area is 229 Å². The van der Waals surface area contributed by atoms with E-state index in [1.54, 1.807) is 30.3 Å².